The zero-order valence-electron chi connectivity index (χ0n) is 20.9. The second-order valence-corrected chi connectivity index (χ2v) is 10.7. The van der Waals surface area contributed by atoms with Gasteiger partial charge in [0.15, 0.2) is 0 Å². The molecule has 1 fully saturated rings. The number of aromatic nitrogens is 2. The number of hydrogen-bond acceptors (Lipinski definition) is 6. The third-order valence-corrected chi connectivity index (χ3v) is 7.70. The Bertz CT molecular complexity index is 1250. The summed E-state index contributed by atoms with van der Waals surface area (Å²) < 4.78 is 33.8. The molecule has 7 nitrogen and oxygen atoms in total. The first-order chi connectivity index (χ1) is 18.0. The van der Waals surface area contributed by atoms with E-state index in [2.05, 4.69) is 51.7 Å². The fraction of sp³-hybridized carbons (Fsp3) is 0.370. The van der Waals surface area contributed by atoms with Crippen molar-refractivity contribution in [2.45, 2.75) is 48.7 Å². The number of benzene rings is 2. The number of rotatable bonds is 7. The molecule has 11 heteroatoms. The summed E-state index contributed by atoms with van der Waals surface area (Å²) in [5.74, 6) is -2.76. The van der Waals surface area contributed by atoms with Gasteiger partial charge in [-0.3, -0.25) is 4.90 Å². The Kier molecular flexibility index (Phi) is 9.96. The minimum absolute atomic E-state index is 0.104. The van der Waals surface area contributed by atoms with Gasteiger partial charge in [-0.05, 0) is 62.7 Å². The summed E-state index contributed by atoms with van der Waals surface area (Å²) in [4.78, 5) is 17.0. The second kappa shape index (κ2) is 13.0. The van der Waals surface area contributed by atoms with Gasteiger partial charge in [-0.25, -0.2) is 9.78 Å². The van der Waals surface area contributed by atoms with Crippen LogP contribution in [0, 0.1) is 18.3 Å². The van der Waals surface area contributed by atoms with Crippen molar-refractivity contribution in [3.05, 3.63) is 83.4 Å². The molecule has 0 saturated carbocycles. The molecule has 202 valence electrons. The van der Waals surface area contributed by atoms with E-state index in [-0.39, 0.29) is 11.4 Å². The van der Waals surface area contributed by atoms with Gasteiger partial charge in [0.1, 0.15) is 0 Å². The van der Waals surface area contributed by atoms with Gasteiger partial charge in [0.25, 0.3) is 0 Å². The fourth-order valence-electron chi connectivity index (χ4n) is 4.07. The van der Waals surface area contributed by atoms with Gasteiger partial charge in [0.05, 0.1) is 30.3 Å². The van der Waals surface area contributed by atoms with E-state index >= 15 is 0 Å². The Hall–Kier alpha value is -3.33. The maximum absolute atomic E-state index is 10.6. The largest absolute Gasteiger partial charge is 0.490 e. The molecule has 0 unspecified atom stereocenters. The molecule has 0 bridgehead atoms. The predicted octanol–water partition coefficient (Wildman–Crippen LogP) is 4.86. The lowest BCUT2D eigenvalue weighted by atomic mass is 9.96. The molecule has 2 heterocycles. The van der Waals surface area contributed by atoms with Crippen molar-refractivity contribution < 1.29 is 28.2 Å². The smallest absolute Gasteiger partial charge is 0.475 e. The zero-order chi connectivity index (χ0) is 27.8. The number of aryl methyl sites for hydroxylation is 1. The molecule has 4 rings (SSSR count). The number of alkyl halides is 3. The third kappa shape index (κ3) is 8.34. The number of likely N-dealkylation sites (tertiary alicyclic amines) is 1. The Morgan fingerprint density at radius 2 is 1.82 bits per heavy atom. The number of aliphatic carboxylic acids is 1. The highest BCUT2D eigenvalue weighted by Crippen LogP contribution is 2.41. The molecule has 1 aliphatic rings. The minimum atomic E-state index is -5.08. The lowest BCUT2D eigenvalue weighted by Crippen LogP contribution is -2.44. The summed E-state index contributed by atoms with van der Waals surface area (Å²) in [5, 5.41) is 26.3. The molecule has 1 aromatic heterocycles. The molecule has 38 heavy (non-hydrogen) atoms. The van der Waals surface area contributed by atoms with Crippen LogP contribution in [0.2, 0.25) is 0 Å². The van der Waals surface area contributed by atoms with Gasteiger partial charge < -0.3 is 14.8 Å². The molecule has 1 saturated heterocycles. The van der Waals surface area contributed by atoms with Crippen LogP contribution in [0.1, 0.15) is 35.2 Å². The van der Waals surface area contributed by atoms with Crippen LogP contribution < -0.4 is 0 Å². The number of carbonyl (C=O) groups is 1. The highest BCUT2D eigenvalue weighted by molar-refractivity contribution is 8.00. The first-order valence-electron chi connectivity index (χ1n) is 11.9. The molecule has 3 aromatic rings. The van der Waals surface area contributed by atoms with E-state index in [9.17, 15) is 18.3 Å². The van der Waals surface area contributed by atoms with Crippen LogP contribution in [0.25, 0.3) is 0 Å². The van der Waals surface area contributed by atoms with Crippen LogP contribution in [0.4, 0.5) is 13.2 Å². The molecular formula is C27H29F3N4O3S. The number of carboxylic acids is 1. The Morgan fingerprint density at radius 3 is 2.37 bits per heavy atom. The molecule has 0 amide bonds. The Labute approximate surface area is 223 Å². The highest BCUT2D eigenvalue weighted by Gasteiger charge is 2.38. The number of aliphatic hydroxyl groups is 1. The summed E-state index contributed by atoms with van der Waals surface area (Å²) in [7, 11) is 0. The average Bonchev–Trinajstić information content (AvgIpc) is 3.32. The maximum atomic E-state index is 10.6. The normalized spacial score (nSPS) is 15.3. The number of hydrogen-bond donors (Lipinski definition) is 2. The monoisotopic (exact) mass is 546 g/mol. The topological polar surface area (TPSA) is 102 Å². The number of halogens is 3. The van der Waals surface area contributed by atoms with Gasteiger partial charge in [-0.2, -0.15) is 18.4 Å². The van der Waals surface area contributed by atoms with Crippen molar-refractivity contribution >= 4 is 17.7 Å². The molecule has 1 aliphatic heterocycles. The molecule has 2 aromatic carbocycles. The van der Waals surface area contributed by atoms with Crippen molar-refractivity contribution in [2.75, 3.05) is 19.7 Å². The molecule has 0 aliphatic carbocycles. The average molecular weight is 547 g/mol. The SMILES string of the molecule is Cc1cccc(SC2(CO)CCN(Cc3cncn3Cc3ccc(C#N)cc3)CC2)c1.O=C(O)C(F)(F)F. The van der Waals surface area contributed by atoms with E-state index < -0.39 is 12.1 Å². The fourth-order valence-corrected chi connectivity index (χ4v) is 5.42. The minimum Gasteiger partial charge on any atom is -0.475 e. The number of nitriles is 1. The summed E-state index contributed by atoms with van der Waals surface area (Å²) in [6, 6.07) is 18.4. The maximum Gasteiger partial charge on any atom is 0.490 e. The van der Waals surface area contributed by atoms with Gasteiger partial charge in [-0.15, -0.1) is 11.8 Å². The third-order valence-electron chi connectivity index (χ3n) is 6.24. The first-order valence-corrected chi connectivity index (χ1v) is 12.7. The van der Waals surface area contributed by atoms with E-state index in [4.69, 9.17) is 15.2 Å². The lowest BCUT2D eigenvalue weighted by molar-refractivity contribution is -0.192. The van der Waals surface area contributed by atoms with Crippen LogP contribution in [-0.4, -0.2) is 61.3 Å². The lowest BCUT2D eigenvalue weighted by Gasteiger charge is -2.40. The van der Waals surface area contributed by atoms with Gasteiger partial charge >= 0.3 is 12.1 Å². The predicted molar refractivity (Wildman–Crippen MR) is 138 cm³/mol. The van der Waals surface area contributed by atoms with Crippen LogP contribution >= 0.6 is 11.8 Å². The molecule has 0 radical (unpaired) electrons. The van der Waals surface area contributed by atoms with Crippen LogP contribution in [-0.2, 0) is 17.9 Å². The first kappa shape index (κ1) is 29.2. The van der Waals surface area contributed by atoms with E-state index in [1.165, 1.54) is 16.2 Å². The molecule has 0 spiro atoms. The molecular weight excluding hydrogens is 517 g/mol. The van der Waals surface area contributed by atoms with E-state index in [1.54, 1.807) is 0 Å². The van der Waals surface area contributed by atoms with Gasteiger partial charge in [0, 0.05) is 28.9 Å². The summed E-state index contributed by atoms with van der Waals surface area (Å²) in [6.45, 7) is 5.84. The zero-order valence-corrected chi connectivity index (χ0v) is 21.7. The summed E-state index contributed by atoms with van der Waals surface area (Å²) >= 11 is 1.83. The van der Waals surface area contributed by atoms with Crippen LogP contribution in [0.3, 0.4) is 0 Å². The quantitative estimate of drug-likeness (QED) is 0.436. The van der Waals surface area contributed by atoms with Crippen molar-refractivity contribution in [3.63, 3.8) is 0 Å². The number of nitrogens with zero attached hydrogens (tertiary/aromatic N) is 4. The number of imidazole rings is 1. The highest BCUT2D eigenvalue weighted by atomic mass is 32.2. The van der Waals surface area contributed by atoms with Crippen LogP contribution in [0.5, 0.6) is 0 Å². The van der Waals surface area contributed by atoms with Gasteiger partial charge in [-0.1, -0.05) is 29.8 Å². The Balaban J connectivity index is 0.000000505. The summed E-state index contributed by atoms with van der Waals surface area (Å²) in [6.07, 6.45) is 0.667. The number of aliphatic hydroxyl groups excluding tert-OH is 1. The number of carboxylic acid groups (broad SMARTS) is 1. The molecule has 2 N–H and O–H groups in total. The van der Waals surface area contributed by atoms with Crippen molar-refractivity contribution in [1.82, 2.24) is 14.5 Å². The number of piperidine rings is 1. The van der Waals surface area contributed by atoms with Crippen molar-refractivity contribution in [2.24, 2.45) is 0 Å². The molecule has 0 atom stereocenters. The number of thioether (sulfide) groups is 1. The van der Waals surface area contributed by atoms with E-state index in [0.717, 1.165) is 44.6 Å². The van der Waals surface area contributed by atoms with Crippen molar-refractivity contribution in [1.29, 1.82) is 5.26 Å². The van der Waals surface area contributed by atoms with Crippen LogP contribution in [0.15, 0.2) is 66.0 Å². The van der Waals surface area contributed by atoms with E-state index in [0.29, 0.717) is 5.56 Å². The Morgan fingerprint density at radius 1 is 1.16 bits per heavy atom. The van der Waals surface area contributed by atoms with E-state index in [1.807, 2.05) is 48.6 Å². The van der Waals surface area contributed by atoms with Gasteiger partial charge in [0.2, 0.25) is 0 Å². The summed E-state index contributed by atoms with van der Waals surface area (Å²) in [5.41, 5.74) is 4.28. The van der Waals surface area contributed by atoms with Crippen molar-refractivity contribution in [3.8, 4) is 6.07 Å². The standard InChI is InChI=1S/C25H28N4OS.C2HF3O2/c1-20-3-2-4-24(13-20)31-25(18-30)9-11-28(12-10-25)17-23-15-27-19-29(23)16-22-7-5-21(14-26)6-8-22;3-2(4,5)1(6)7/h2-8,13,15,19,30H,9-12,16-18H2,1H3;(H,6,7). The second-order valence-electron chi connectivity index (χ2n) is 9.16.